The van der Waals surface area contributed by atoms with Crippen molar-refractivity contribution < 1.29 is 14.3 Å². The minimum atomic E-state index is 0.327. The van der Waals surface area contributed by atoms with Gasteiger partial charge < -0.3 is 10.1 Å². The third kappa shape index (κ3) is 7.19. The molecule has 1 fully saturated rings. The Morgan fingerprint density at radius 2 is 1.54 bits per heavy atom. The molecule has 1 aliphatic heterocycles. The summed E-state index contributed by atoms with van der Waals surface area (Å²) in [5, 5.41) is 3.56. The van der Waals surface area contributed by atoms with E-state index in [2.05, 4.69) is 41.2 Å². The number of benzene rings is 2. The number of hydrogen-bond donors (Lipinski definition) is 1. The highest BCUT2D eigenvalue weighted by Crippen LogP contribution is 2.15. The monoisotopic (exact) mass is 353 g/mol. The molecule has 0 aliphatic carbocycles. The Labute approximate surface area is 155 Å². The maximum atomic E-state index is 11.6. The standard InChI is InChI=1S/C14H19NO.C8H8O2/c1-2-12-9-14(16)10-13(15-12)8-11-6-4-3-5-7-11;9-7-10-6-8-4-2-1-3-5-8/h3-7,12-13,15H,2,8-10H2,1H3;1-5,7H,6H2. The van der Waals surface area contributed by atoms with Crippen LogP contribution in [-0.2, 0) is 27.4 Å². The van der Waals surface area contributed by atoms with E-state index in [9.17, 15) is 9.59 Å². The maximum Gasteiger partial charge on any atom is 0.293 e. The molecule has 4 nitrogen and oxygen atoms in total. The van der Waals surface area contributed by atoms with Gasteiger partial charge in [0.05, 0.1) is 0 Å². The minimum Gasteiger partial charge on any atom is -0.463 e. The molecule has 2 atom stereocenters. The van der Waals surface area contributed by atoms with E-state index in [1.807, 2.05) is 36.4 Å². The fourth-order valence-electron chi connectivity index (χ4n) is 3.08. The smallest absolute Gasteiger partial charge is 0.293 e. The molecule has 138 valence electrons. The second kappa shape index (κ2) is 11.2. The number of rotatable bonds is 6. The van der Waals surface area contributed by atoms with E-state index >= 15 is 0 Å². The number of carbonyl (C=O) groups excluding carboxylic acids is 2. The molecule has 2 unspecified atom stereocenters. The molecular weight excluding hydrogens is 326 g/mol. The number of piperidine rings is 1. The number of ketones is 1. The van der Waals surface area contributed by atoms with Crippen LogP contribution in [0, 0.1) is 0 Å². The van der Waals surface area contributed by atoms with Crippen LogP contribution in [-0.4, -0.2) is 24.3 Å². The van der Waals surface area contributed by atoms with Crippen molar-refractivity contribution in [2.75, 3.05) is 0 Å². The molecule has 1 heterocycles. The largest absolute Gasteiger partial charge is 0.463 e. The quantitative estimate of drug-likeness (QED) is 0.805. The van der Waals surface area contributed by atoms with Gasteiger partial charge in [0.25, 0.3) is 6.47 Å². The third-order valence-corrected chi connectivity index (χ3v) is 4.40. The van der Waals surface area contributed by atoms with Gasteiger partial charge in [0.2, 0.25) is 0 Å². The predicted octanol–water partition coefficient (Wildman–Crippen LogP) is 3.69. The van der Waals surface area contributed by atoms with Gasteiger partial charge in [-0.25, -0.2) is 0 Å². The van der Waals surface area contributed by atoms with Crippen LogP contribution in [0.1, 0.15) is 37.3 Å². The van der Waals surface area contributed by atoms with Crippen LogP contribution in [0.4, 0.5) is 0 Å². The van der Waals surface area contributed by atoms with Gasteiger partial charge in [-0.3, -0.25) is 9.59 Å². The summed E-state index contributed by atoms with van der Waals surface area (Å²) in [7, 11) is 0. The topological polar surface area (TPSA) is 55.4 Å². The number of nitrogens with one attached hydrogen (secondary N) is 1. The summed E-state index contributed by atoms with van der Waals surface area (Å²) >= 11 is 0. The predicted molar refractivity (Wildman–Crippen MR) is 103 cm³/mol. The van der Waals surface area contributed by atoms with Gasteiger partial charge in [-0.1, -0.05) is 67.6 Å². The van der Waals surface area contributed by atoms with Crippen LogP contribution in [0.2, 0.25) is 0 Å². The van der Waals surface area contributed by atoms with Gasteiger partial charge in [-0.05, 0) is 24.0 Å². The average Bonchev–Trinajstić information content (AvgIpc) is 2.68. The van der Waals surface area contributed by atoms with Gasteiger partial charge in [-0.2, -0.15) is 0 Å². The summed E-state index contributed by atoms with van der Waals surface area (Å²) in [6.45, 7) is 2.95. The zero-order valence-corrected chi connectivity index (χ0v) is 15.3. The normalized spacial score (nSPS) is 19.2. The van der Waals surface area contributed by atoms with Gasteiger partial charge in [-0.15, -0.1) is 0 Å². The van der Waals surface area contributed by atoms with E-state index in [1.54, 1.807) is 0 Å². The first-order valence-corrected chi connectivity index (χ1v) is 9.12. The van der Waals surface area contributed by atoms with Gasteiger partial charge in [0.15, 0.2) is 0 Å². The fourth-order valence-corrected chi connectivity index (χ4v) is 3.08. The Morgan fingerprint density at radius 1 is 0.962 bits per heavy atom. The Kier molecular flexibility index (Phi) is 8.56. The van der Waals surface area contributed by atoms with E-state index in [0.29, 0.717) is 43.8 Å². The molecule has 3 rings (SSSR count). The van der Waals surface area contributed by atoms with E-state index in [-0.39, 0.29) is 0 Å². The van der Waals surface area contributed by atoms with E-state index in [0.717, 1.165) is 18.4 Å². The van der Waals surface area contributed by atoms with E-state index in [1.165, 1.54) is 5.56 Å². The molecular formula is C22H27NO3. The molecule has 0 bridgehead atoms. The first-order valence-electron chi connectivity index (χ1n) is 9.12. The molecule has 0 aromatic heterocycles. The summed E-state index contributed by atoms with van der Waals surface area (Å²) in [6, 6.07) is 20.6. The molecule has 0 spiro atoms. The van der Waals surface area contributed by atoms with Gasteiger partial charge in [0.1, 0.15) is 12.4 Å². The van der Waals surface area contributed by atoms with Crippen molar-refractivity contribution in [2.45, 2.75) is 51.3 Å². The molecule has 26 heavy (non-hydrogen) atoms. The van der Waals surface area contributed by atoms with E-state index < -0.39 is 0 Å². The van der Waals surface area contributed by atoms with Crippen molar-refractivity contribution >= 4 is 12.3 Å². The second-order valence-electron chi connectivity index (χ2n) is 6.50. The minimum absolute atomic E-state index is 0.327. The van der Waals surface area contributed by atoms with Crippen molar-refractivity contribution in [3.8, 4) is 0 Å². The number of hydrogen-bond acceptors (Lipinski definition) is 4. The molecule has 0 saturated carbocycles. The Hall–Kier alpha value is -2.46. The highest BCUT2D eigenvalue weighted by molar-refractivity contribution is 5.80. The first-order chi connectivity index (χ1) is 12.7. The molecule has 1 saturated heterocycles. The molecule has 4 heteroatoms. The SMILES string of the molecule is CCC1CC(=O)CC(Cc2ccccc2)N1.O=COCc1ccccc1. The van der Waals surface area contributed by atoms with Crippen molar-refractivity contribution in [1.29, 1.82) is 0 Å². The first kappa shape index (κ1) is 19.9. The highest BCUT2D eigenvalue weighted by Gasteiger charge is 2.25. The Bertz CT molecular complexity index is 658. The summed E-state index contributed by atoms with van der Waals surface area (Å²) in [4.78, 5) is 21.3. The summed E-state index contributed by atoms with van der Waals surface area (Å²) in [5.74, 6) is 0.409. The summed E-state index contributed by atoms with van der Waals surface area (Å²) in [6.07, 6.45) is 3.40. The lowest BCUT2D eigenvalue weighted by atomic mass is 9.92. The third-order valence-electron chi connectivity index (χ3n) is 4.40. The Balaban J connectivity index is 0.000000209. The van der Waals surface area contributed by atoms with Gasteiger partial charge in [0, 0.05) is 24.9 Å². The van der Waals surface area contributed by atoms with Crippen molar-refractivity contribution in [1.82, 2.24) is 5.32 Å². The lowest BCUT2D eigenvalue weighted by Crippen LogP contribution is -2.46. The fraction of sp³-hybridized carbons (Fsp3) is 0.364. The van der Waals surface area contributed by atoms with Crippen LogP contribution in [0.25, 0.3) is 0 Å². The molecule has 0 amide bonds. The molecule has 2 aromatic rings. The van der Waals surface area contributed by atoms with E-state index in [4.69, 9.17) is 0 Å². The second-order valence-corrected chi connectivity index (χ2v) is 6.50. The van der Waals surface area contributed by atoms with Crippen molar-refractivity contribution in [3.63, 3.8) is 0 Å². The highest BCUT2D eigenvalue weighted by atomic mass is 16.5. The van der Waals surface area contributed by atoms with Crippen LogP contribution in [0.5, 0.6) is 0 Å². The molecule has 2 aromatic carbocycles. The lowest BCUT2D eigenvalue weighted by molar-refractivity contribution is -0.129. The van der Waals surface area contributed by atoms with Gasteiger partial charge >= 0.3 is 0 Å². The number of carbonyl (C=O) groups is 2. The summed E-state index contributed by atoms with van der Waals surface area (Å²) in [5.41, 5.74) is 2.32. The molecule has 1 aliphatic rings. The zero-order valence-electron chi connectivity index (χ0n) is 15.3. The number of Topliss-reactive ketones (excluding diaryl/α,β-unsaturated/α-hetero) is 1. The Morgan fingerprint density at radius 3 is 2.12 bits per heavy atom. The van der Waals surface area contributed by atoms with Crippen LogP contribution >= 0.6 is 0 Å². The maximum absolute atomic E-state index is 11.6. The van der Waals surface area contributed by atoms with Crippen molar-refractivity contribution in [3.05, 3.63) is 71.8 Å². The van der Waals surface area contributed by atoms with Crippen molar-refractivity contribution in [2.24, 2.45) is 0 Å². The summed E-state index contributed by atoms with van der Waals surface area (Å²) < 4.78 is 4.54. The van der Waals surface area contributed by atoms with Crippen LogP contribution in [0.3, 0.4) is 0 Å². The molecule has 0 radical (unpaired) electrons. The molecule has 1 N–H and O–H groups in total. The zero-order chi connectivity index (χ0) is 18.6. The lowest BCUT2D eigenvalue weighted by Gasteiger charge is -2.29. The van der Waals surface area contributed by atoms with Crippen LogP contribution < -0.4 is 5.32 Å². The number of ether oxygens (including phenoxy) is 1. The van der Waals surface area contributed by atoms with Crippen LogP contribution in [0.15, 0.2) is 60.7 Å². The average molecular weight is 353 g/mol.